The second-order valence-electron chi connectivity index (χ2n) is 6.36. The van der Waals surface area contributed by atoms with Gasteiger partial charge in [-0.2, -0.15) is 0 Å². The zero-order valence-electron chi connectivity index (χ0n) is 15.9. The Balaban J connectivity index is 1.80. The van der Waals surface area contributed by atoms with Gasteiger partial charge in [-0.15, -0.1) is 10.2 Å². The number of aromatic nitrogens is 3. The molecule has 0 saturated carbocycles. The van der Waals surface area contributed by atoms with Gasteiger partial charge in [0.15, 0.2) is 16.8 Å². The molecule has 7 heteroatoms. The number of halogens is 1. The predicted octanol–water partition coefficient (Wildman–Crippen LogP) is 4.92. The smallest absolute Gasteiger partial charge is 0.191 e. The highest BCUT2D eigenvalue weighted by Gasteiger charge is 2.17. The van der Waals surface area contributed by atoms with E-state index in [1.165, 1.54) is 11.8 Å². The van der Waals surface area contributed by atoms with Crippen LogP contribution in [0.4, 0.5) is 0 Å². The van der Waals surface area contributed by atoms with E-state index in [9.17, 15) is 4.79 Å². The lowest BCUT2D eigenvalue weighted by molar-refractivity contribution is 0.102. The van der Waals surface area contributed by atoms with Gasteiger partial charge in [0, 0.05) is 31.4 Å². The van der Waals surface area contributed by atoms with Crippen molar-refractivity contribution in [3.8, 4) is 11.4 Å². The second kappa shape index (κ2) is 9.87. The minimum absolute atomic E-state index is 0.0655. The summed E-state index contributed by atoms with van der Waals surface area (Å²) in [6.45, 7) is 3.32. The van der Waals surface area contributed by atoms with Crippen LogP contribution in [0.2, 0.25) is 5.02 Å². The van der Waals surface area contributed by atoms with Crippen molar-refractivity contribution < 1.29 is 9.53 Å². The Morgan fingerprint density at radius 1 is 1.14 bits per heavy atom. The largest absolute Gasteiger partial charge is 0.385 e. The normalized spacial score (nSPS) is 11.0. The summed E-state index contributed by atoms with van der Waals surface area (Å²) in [5.41, 5.74) is 2.66. The van der Waals surface area contributed by atoms with Gasteiger partial charge in [0.05, 0.1) is 10.8 Å². The van der Waals surface area contributed by atoms with Crippen LogP contribution in [-0.2, 0) is 11.3 Å². The number of Topliss-reactive ketones (excluding diaryl/α,β-unsaturated/α-hetero) is 1. The Morgan fingerprint density at radius 2 is 1.89 bits per heavy atom. The molecule has 0 saturated heterocycles. The molecule has 0 fully saturated rings. The number of methoxy groups -OCH3 is 1. The lowest BCUT2D eigenvalue weighted by Crippen LogP contribution is -2.07. The van der Waals surface area contributed by atoms with Gasteiger partial charge in [0.2, 0.25) is 0 Å². The number of ketones is 1. The number of hydrogen-bond donors (Lipinski definition) is 0. The van der Waals surface area contributed by atoms with E-state index < -0.39 is 0 Å². The average molecular weight is 416 g/mol. The molecule has 0 amide bonds. The molecule has 0 aliphatic heterocycles. The molecular weight excluding hydrogens is 394 g/mol. The summed E-state index contributed by atoms with van der Waals surface area (Å²) in [6.07, 6.45) is 0.811. The van der Waals surface area contributed by atoms with E-state index in [-0.39, 0.29) is 5.78 Å². The van der Waals surface area contributed by atoms with Crippen LogP contribution in [0.5, 0.6) is 0 Å². The Bertz CT molecular complexity index is 941. The average Bonchev–Trinajstić information content (AvgIpc) is 3.10. The van der Waals surface area contributed by atoms with E-state index in [0.717, 1.165) is 17.5 Å². The summed E-state index contributed by atoms with van der Waals surface area (Å²) in [6, 6.07) is 15.2. The molecule has 146 valence electrons. The number of thioether (sulfide) groups is 1. The van der Waals surface area contributed by atoms with Crippen LogP contribution in [-0.4, -0.2) is 40.0 Å². The zero-order chi connectivity index (χ0) is 19.9. The van der Waals surface area contributed by atoms with Gasteiger partial charge in [0.25, 0.3) is 0 Å². The second-order valence-corrected chi connectivity index (χ2v) is 7.71. The Morgan fingerprint density at radius 3 is 2.61 bits per heavy atom. The van der Waals surface area contributed by atoms with E-state index >= 15 is 0 Å². The third-order valence-electron chi connectivity index (χ3n) is 4.27. The monoisotopic (exact) mass is 415 g/mol. The summed E-state index contributed by atoms with van der Waals surface area (Å²) in [5.74, 6) is 1.07. The van der Waals surface area contributed by atoms with Gasteiger partial charge in [-0.05, 0) is 25.5 Å². The lowest BCUT2D eigenvalue weighted by atomic mass is 10.1. The van der Waals surface area contributed by atoms with Crippen molar-refractivity contribution in [3.05, 3.63) is 64.7 Å². The molecule has 1 aromatic heterocycles. The van der Waals surface area contributed by atoms with Crippen molar-refractivity contribution in [1.29, 1.82) is 0 Å². The van der Waals surface area contributed by atoms with Gasteiger partial charge in [-0.25, -0.2) is 0 Å². The molecule has 0 radical (unpaired) electrons. The van der Waals surface area contributed by atoms with Crippen LogP contribution in [0.15, 0.2) is 53.7 Å². The minimum Gasteiger partial charge on any atom is -0.385 e. The maximum atomic E-state index is 12.5. The first-order chi connectivity index (χ1) is 13.6. The molecule has 0 aliphatic rings. The maximum absolute atomic E-state index is 12.5. The topological polar surface area (TPSA) is 57.0 Å². The zero-order valence-corrected chi connectivity index (χ0v) is 17.5. The van der Waals surface area contributed by atoms with Crippen LogP contribution in [0, 0.1) is 6.92 Å². The number of nitrogens with zero attached hydrogens (tertiary/aromatic N) is 3. The number of hydrogen-bond acceptors (Lipinski definition) is 5. The standard InChI is InChI=1S/C21H22ClN3O2S/c1-15-8-10-16(11-9-15)19(26)14-28-21-24-23-20(25(21)12-5-13-27-2)17-6-3-4-7-18(17)22/h3-4,6-11H,5,12-14H2,1-2H3. The fourth-order valence-electron chi connectivity index (χ4n) is 2.76. The van der Waals surface area contributed by atoms with E-state index in [1.54, 1.807) is 7.11 Å². The number of aryl methyl sites for hydroxylation is 1. The molecule has 5 nitrogen and oxygen atoms in total. The molecule has 0 bridgehead atoms. The SMILES string of the molecule is COCCCn1c(SCC(=O)c2ccc(C)cc2)nnc1-c1ccccc1Cl. The molecule has 0 aliphatic carbocycles. The lowest BCUT2D eigenvalue weighted by Gasteiger charge is -2.11. The maximum Gasteiger partial charge on any atom is 0.191 e. The van der Waals surface area contributed by atoms with Gasteiger partial charge >= 0.3 is 0 Å². The van der Waals surface area contributed by atoms with Crippen molar-refractivity contribution in [2.75, 3.05) is 19.5 Å². The van der Waals surface area contributed by atoms with Crippen LogP contribution in [0.3, 0.4) is 0 Å². The molecule has 3 rings (SSSR count). The van der Waals surface area contributed by atoms with Gasteiger partial charge in [-0.1, -0.05) is 65.3 Å². The summed E-state index contributed by atoms with van der Waals surface area (Å²) >= 11 is 7.74. The first-order valence-electron chi connectivity index (χ1n) is 9.00. The Hall–Kier alpha value is -2.15. The van der Waals surface area contributed by atoms with E-state index in [4.69, 9.17) is 16.3 Å². The Kier molecular flexibility index (Phi) is 7.25. The number of carbonyl (C=O) groups is 1. The van der Waals surface area contributed by atoms with E-state index in [2.05, 4.69) is 10.2 Å². The van der Waals surface area contributed by atoms with E-state index in [1.807, 2.05) is 60.0 Å². The van der Waals surface area contributed by atoms with Gasteiger partial charge < -0.3 is 9.30 Å². The van der Waals surface area contributed by atoms with Crippen molar-refractivity contribution in [1.82, 2.24) is 14.8 Å². The van der Waals surface area contributed by atoms with Crippen LogP contribution < -0.4 is 0 Å². The highest BCUT2D eigenvalue weighted by molar-refractivity contribution is 7.99. The van der Waals surface area contributed by atoms with Crippen molar-refractivity contribution in [2.45, 2.75) is 25.0 Å². The summed E-state index contributed by atoms with van der Waals surface area (Å²) in [4.78, 5) is 12.5. The third kappa shape index (κ3) is 5.01. The summed E-state index contributed by atoms with van der Waals surface area (Å²) in [7, 11) is 1.68. The summed E-state index contributed by atoms with van der Waals surface area (Å²) < 4.78 is 7.18. The number of benzene rings is 2. The first-order valence-corrected chi connectivity index (χ1v) is 10.4. The quantitative estimate of drug-likeness (QED) is 0.282. The molecule has 0 unspecified atom stereocenters. The van der Waals surface area contributed by atoms with Crippen LogP contribution >= 0.6 is 23.4 Å². The van der Waals surface area contributed by atoms with E-state index in [0.29, 0.717) is 40.5 Å². The van der Waals surface area contributed by atoms with Crippen molar-refractivity contribution in [2.24, 2.45) is 0 Å². The molecular formula is C21H22ClN3O2S. The molecule has 3 aromatic rings. The Labute approximate surface area is 174 Å². The minimum atomic E-state index is 0.0655. The van der Waals surface area contributed by atoms with Gasteiger partial charge in [0.1, 0.15) is 0 Å². The van der Waals surface area contributed by atoms with Gasteiger partial charge in [-0.3, -0.25) is 4.79 Å². The number of ether oxygens (including phenoxy) is 1. The number of carbonyl (C=O) groups excluding carboxylic acids is 1. The van der Waals surface area contributed by atoms with Crippen LogP contribution in [0.1, 0.15) is 22.3 Å². The first kappa shape index (κ1) is 20.6. The summed E-state index contributed by atoms with van der Waals surface area (Å²) in [5, 5.41) is 9.98. The predicted molar refractivity (Wildman–Crippen MR) is 113 cm³/mol. The highest BCUT2D eigenvalue weighted by Crippen LogP contribution is 2.29. The van der Waals surface area contributed by atoms with Crippen molar-refractivity contribution in [3.63, 3.8) is 0 Å². The molecule has 28 heavy (non-hydrogen) atoms. The fraction of sp³-hybridized carbons (Fsp3) is 0.286. The third-order valence-corrected chi connectivity index (χ3v) is 5.56. The molecule has 0 N–H and O–H groups in total. The fourth-order valence-corrected chi connectivity index (χ4v) is 3.84. The molecule has 0 atom stereocenters. The number of rotatable bonds is 9. The highest BCUT2D eigenvalue weighted by atomic mass is 35.5. The van der Waals surface area contributed by atoms with Crippen molar-refractivity contribution >= 4 is 29.1 Å². The molecule has 2 aromatic carbocycles. The molecule has 1 heterocycles. The van der Waals surface area contributed by atoms with Crippen LogP contribution in [0.25, 0.3) is 11.4 Å². The molecule has 0 spiro atoms.